The molecule has 21 heavy (non-hydrogen) atoms. The van der Waals surface area contributed by atoms with E-state index in [-0.39, 0.29) is 5.91 Å². The molecule has 0 aliphatic carbocycles. The molecule has 1 aromatic heterocycles. The highest BCUT2D eigenvalue weighted by atomic mass is 16.2. The lowest BCUT2D eigenvalue weighted by Gasteiger charge is -2.28. The van der Waals surface area contributed by atoms with Crippen LogP contribution in [0.4, 0.5) is 0 Å². The molecule has 1 amide bonds. The quantitative estimate of drug-likeness (QED) is 0.929. The number of hydrogen-bond acceptors (Lipinski definition) is 3. The van der Waals surface area contributed by atoms with Crippen LogP contribution in [0.15, 0.2) is 48.8 Å². The van der Waals surface area contributed by atoms with E-state index in [0.29, 0.717) is 13.1 Å². The average molecular weight is 281 g/mol. The van der Waals surface area contributed by atoms with Gasteiger partial charge in [-0.3, -0.25) is 14.7 Å². The molecule has 3 rings (SSSR count). The van der Waals surface area contributed by atoms with Crippen molar-refractivity contribution in [2.75, 3.05) is 13.1 Å². The van der Waals surface area contributed by atoms with Crippen LogP contribution >= 0.6 is 0 Å². The third kappa shape index (κ3) is 3.67. The van der Waals surface area contributed by atoms with E-state index < -0.39 is 0 Å². The van der Waals surface area contributed by atoms with Crippen LogP contribution < -0.4 is 5.32 Å². The molecule has 4 heteroatoms. The topological polar surface area (TPSA) is 45.2 Å². The second kappa shape index (κ2) is 6.50. The second-order valence-corrected chi connectivity index (χ2v) is 5.37. The molecule has 0 spiro atoms. The lowest BCUT2D eigenvalue weighted by atomic mass is 10.00. The number of aromatic nitrogens is 1. The van der Waals surface area contributed by atoms with Crippen molar-refractivity contribution in [2.45, 2.75) is 19.5 Å². The average Bonchev–Trinajstić information content (AvgIpc) is 2.54. The molecule has 1 aliphatic heterocycles. The minimum absolute atomic E-state index is 0.0678. The predicted octanol–water partition coefficient (Wildman–Crippen LogP) is 1.76. The van der Waals surface area contributed by atoms with Gasteiger partial charge in [0.15, 0.2) is 0 Å². The van der Waals surface area contributed by atoms with E-state index in [2.05, 4.69) is 39.5 Å². The fourth-order valence-electron chi connectivity index (χ4n) is 2.65. The van der Waals surface area contributed by atoms with Gasteiger partial charge in [-0.15, -0.1) is 0 Å². The number of pyridine rings is 1. The number of benzene rings is 1. The third-order valence-corrected chi connectivity index (χ3v) is 3.79. The van der Waals surface area contributed by atoms with Gasteiger partial charge in [0.05, 0.1) is 6.54 Å². The molecule has 0 unspecified atom stereocenters. The number of nitrogens with zero attached hydrogens (tertiary/aromatic N) is 2. The first-order chi connectivity index (χ1) is 10.3. The zero-order valence-electron chi connectivity index (χ0n) is 12.0. The first-order valence-electron chi connectivity index (χ1n) is 7.26. The summed E-state index contributed by atoms with van der Waals surface area (Å²) in [5, 5.41) is 2.95. The van der Waals surface area contributed by atoms with Gasteiger partial charge < -0.3 is 5.32 Å². The Kier molecular flexibility index (Phi) is 4.26. The molecule has 0 saturated carbocycles. The molecule has 0 fully saturated rings. The minimum Gasteiger partial charge on any atom is -0.351 e. The first-order valence-corrected chi connectivity index (χ1v) is 7.26. The van der Waals surface area contributed by atoms with E-state index in [1.807, 2.05) is 12.1 Å². The lowest BCUT2D eigenvalue weighted by molar-refractivity contribution is -0.122. The molecule has 0 saturated heterocycles. The highest BCUT2D eigenvalue weighted by Gasteiger charge is 2.17. The van der Waals surface area contributed by atoms with Gasteiger partial charge in [0, 0.05) is 32.0 Å². The van der Waals surface area contributed by atoms with E-state index in [1.54, 1.807) is 12.4 Å². The summed E-state index contributed by atoms with van der Waals surface area (Å²) in [4.78, 5) is 18.3. The zero-order valence-corrected chi connectivity index (χ0v) is 12.0. The molecule has 0 atom stereocenters. The zero-order chi connectivity index (χ0) is 14.5. The summed E-state index contributed by atoms with van der Waals surface area (Å²) in [5.74, 6) is 0.0678. The predicted molar refractivity (Wildman–Crippen MR) is 81.5 cm³/mol. The maximum Gasteiger partial charge on any atom is 0.234 e. The molecule has 0 bridgehead atoms. The number of nitrogens with one attached hydrogen (secondary N) is 1. The Bertz CT molecular complexity index is 612. The molecule has 2 heterocycles. The fourth-order valence-corrected chi connectivity index (χ4v) is 2.65. The van der Waals surface area contributed by atoms with Crippen LogP contribution in [-0.2, 0) is 24.3 Å². The Morgan fingerprint density at radius 1 is 1.19 bits per heavy atom. The molecule has 108 valence electrons. The standard InChI is InChI=1S/C17H19N3O/c21-17(19-11-14-4-3-8-18-10-14)13-20-9-7-15-5-1-2-6-16(15)12-20/h1-6,8,10H,7,9,11-13H2,(H,19,21). The summed E-state index contributed by atoms with van der Waals surface area (Å²) >= 11 is 0. The molecular formula is C17H19N3O. The lowest BCUT2D eigenvalue weighted by Crippen LogP contribution is -2.39. The molecule has 4 nitrogen and oxygen atoms in total. The normalized spacial score (nSPS) is 14.5. The van der Waals surface area contributed by atoms with Crippen molar-refractivity contribution in [3.05, 3.63) is 65.5 Å². The Labute approximate surface area is 124 Å². The van der Waals surface area contributed by atoms with Crippen LogP contribution in [0.3, 0.4) is 0 Å². The molecule has 1 aromatic carbocycles. The van der Waals surface area contributed by atoms with Gasteiger partial charge in [0.2, 0.25) is 5.91 Å². The van der Waals surface area contributed by atoms with Crippen LogP contribution in [0.1, 0.15) is 16.7 Å². The van der Waals surface area contributed by atoms with E-state index >= 15 is 0 Å². The van der Waals surface area contributed by atoms with Crippen LogP contribution in [0.25, 0.3) is 0 Å². The van der Waals surface area contributed by atoms with Crippen LogP contribution in [-0.4, -0.2) is 28.9 Å². The van der Waals surface area contributed by atoms with Crippen LogP contribution in [0.5, 0.6) is 0 Å². The van der Waals surface area contributed by atoms with Crippen LogP contribution in [0, 0.1) is 0 Å². The van der Waals surface area contributed by atoms with Gasteiger partial charge in [0.25, 0.3) is 0 Å². The van der Waals surface area contributed by atoms with Crippen molar-refractivity contribution in [1.29, 1.82) is 0 Å². The van der Waals surface area contributed by atoms with Crippen molar-refractivity contribution in [1.82, 2.24) is 15.2 Å². The van der Waals surface area contributed by atoms with Crippen molar-refractivity contribution >= 4 is 5.91 Å². The summed E-state index contributed by atoms with van der Waals surface area (Å²) < 4.78 is 0. The van der Waals surface area contributed by atoms with E-state index in [0.717, 1.165) is 25.1 Å². The summed E-state index contributed by atoms with van der Waals surface area (Å²) in [6, 6.07) is 12.3. The number of carbonyl (C=O) groups is 1. The Balaban J connectivity index is 1.50. The second-order valence-electron chi connectivity index (χ2n) is 5.37. The smallest absolute Gasteiger partial charge is 0.234 e. The van der Waals surface area contributed by atoms with E-state index in [4.69, 9.17) is 0 Å². The SMILES string of the molecule is O=C(CN1CCc2ccccc2C1)NCc1cccnc1. The molecule has 1 aliphatic rings. The summed E-state index contributed by atoms with van der Waals surface area (Å²) in [7, 11) is 0. The molecule has 2 aromatic rings. The van der Waals surface area contributed by atoms with Crippen LogP contribution in [0.2, 0.25) is 0 Å². The number of hydrogen-bond donors (Lipinski definition) is 1. The van der Waals surface area contributed by atoms with Crippen molar-refractivity contribution in [3.8, 4) is 0 Å². The maximum absolute atomic E-state index is 12.0. The molecular weight excluding hydrogens is 262 g/mol. The first kappa shape index (κ1) is 13.8. The summed E-state index contributed by atoms with van der Waals surface area (Å²) in [5.41, 5.74) is 3.77. The fraction of sp³-hybridized carbons (Fsp3) is 0.294. The summed E-state index contributed by atoms with van der Waals surface area (Å²) in [6.07, 6.45) is 4.53. The van der Waals surface area contributed by atoms with Gasteiger partial charge in [-0.1, -0.05) is 30.3 Å². The van der Waals surface area contributed by atoms with Gasteiger partial charge in [-0.05, 0) is 29.2 Å². The maximum atomic E-state index is 12.0. The number of rotatable bonds is 4. The van der Waals surface area contributed by atoms with Gasteiger partial charge >= 0.3 is 0 Å². The van der Waals surface area contributed by atoms with Gasteiger partial charge in [-0.2, -0.15) is 0 Å². The number of fused-ring (bicyclic) bond motifs is 1. The minimum atomic E-state index is 0.0678. The van der Waals surface area contributed by atoms with Crippen molar-refractivity contribution in [3.63, 3.8) is 0 Å². The molecule has 1 N–H and O–H groups in total. The third-order valence-electron chi connectivity index (χ3n) is 3.79. The monoisotopic (exact) mass is 281 g/mol. The number of amides is 1. The number of carbonyl (C=O) groups excluding carboxylic acids is 1. The van der Waals surface area contributed by atoms with Gasteiger partial charge in [0.1, 0.15) is 0 Å². The van der Waals surface area contributed by atoms with Crippen molar-refractivity contribution in [2.24, 2.45) is 0 Å². The highest BCUT2D eigenvalue weighted by molar-refractivity contribution is 5.78. The Morgan fingerprint density at radius 3 is 2.86 bits per heavy atom. The Morgan fingerprint density at radius 2 is 2.05 bits per heavy atom. The van der Waals surface area contributed by atoms with E-state index in [1.165, 1.54) is 11.1 Å². The molecule has 0 radical (unpaired) electrons. The Hall–Kier alpha value is -2.20. The van der Waals surface area contributed by atoms with Crippen molar-refractivity contribution < 1.29 is 4.79 Å². The summed E-state index contributed by atoms with van der Waals surface area (Å²) in [6.45, 7) is 2.79. The van der Waals surface area contributed by atoms with Gasteiger partial charge in [-0.25, -0.2) is 0 Å². The largest absolute Gasteiger partial charge is 0.351 e. The van der Waals surface area contributed by atoms with E-state index in [9.17, 15) is 4.79 Å². The highest BCUT2D eigenvalue weighted by Crippen LogP contribution is 2.17.